The average molecular weight is 547 g/mol. The zero-order valence-electron chi connectivity index (χ0n) is 20.5. The number of hydrogen-bond donors (Lipinski definition) is 1. The van der Waals surface area contributed by atoms with Gasteiger partial charge in [-0.1, -0.05) is 11.6 Å². The normalized spacial score (nSPS) is 11.6. The van der Waals surface area contributed by atoms with Crippen LogP contribution in [0, 0.1) is 18.6 Å². The first-order chi connectivity index (χ1) is 17.9. The minimum Gasteiger partial charge on any atom is -0.485 e. The summed E-state index contributed by atoms with van der Waals surface area (Å²) in [5, 5.41) is 9.96. The molecule has 38 heavy (non-hydrogen) atoms. The van der Waals surface area contributed by atoms with Crippen LogP contribution in [0.15, 0.2) is 58.5 Å². The van der Waals surface area contributed by atoms with E-state index in [9.17, 15) is 27.9 Å². The number of nitrogens with zero attached hydrogens (tertiary/aromatic N) is 4. The molecule has 0 aliphatic heterocycles. The molecule has 0 saturated carbocycles. The van der Waals surface area contributed by atoms with Crippen molar-refractivity contribution in [2.75, 3.05) is 0 Å². The van der Waals surface area contributed by atoms with E-state index in [4.69, 9.17) is 16.3 Å². The molecule has 8 nitrogen and oxygen atoms in total. The maximum absolute atomic E-state index is 13.9. The van der Waals surface area contributed by atoms with Crippen LogP contribution in [0.1, 0.15) is 36.4 Å². The van der Waals surface area contributed by atoms with Crippen LogP contribution in [0.3, 0.4) is 0 Å². The highest BCUT2D eigenvalue weighted by Gasteiger charge is 2.22. The third-order valence-electron chi connectivity index (χ3n) is 5.73. The number of hydrogen-bond acceptors (Lipinski definition) is 6. The van der Waals surface area contributed by atoms with E-state index in [1.54, 1.807) is 13.0 Å². The SMILES string of the molecule is Cc1cc(OCc2ncc(F)cc2F)c(Cl)c(=O)n1-c1cc(-n2cccc(C(C)(C)O)c2=O)ncc1CF. The summed E-state index contributed by atoms with van der Waals surface area (Å²) in [5.74, 6) is -1.78. The third-order valence-corrected chi connectivity index (χ3v) is 6.08. The maximum Gasteiger partial charge on any atom is 0.277 e. The molecule has 4 rings (SSSR count). The molecule has 0 aliphatic carbocycles. The second-order valence-electron chi connectivity index (χ2n) is 8.94. The van der Waals surface area contributed by atoms with Gasteiger partial charge in [0.05, 0.1) is 17.5 Å². The number of aliphatic hydroxyl groups is 1. The van der Waals surface area contributed by atoms with Crippen LogP contribution in [-0.4, -0.2) is 24.2 Å². The smallest absolute Gasteiger partial charge is 0.277 e. The first-order valence-corrected chi connectivity index (χ1v) is 11.6. The summed E-state index contributed by atoms with van der Waals surface area (Å²) in [6.45, 7) is 3.08. The summed E-state index contributed by atoms with van der Waals surface area (Å²) in [4.78, 5) is 34.1. The molecule has 0 saturated heterocycles. The van der Waals surface area contributed by atoms with E-state index in [1.807, 2.05) is 0 Å². The third kappa shape index (κ3) is 5.20. The minimum absolute atomic E-state index is 0.0490. The van der Waals surface area contributed by atoms with E-state index in [0.29, 0.717) is 6.07 Å². The molecule has 0 atom stereocenters. The second-order valence-corrected chi connectivity index (χ2v) is 9.31. The van der Waals surface area contributed by atoms with Crippen molar-refractivity contribution >= 4 is 11.6 Å². The molecule has 0 spiro atoms. The molecule has 0 radical (unpaired) electrons. The van der Waals surface area contributed by atoms with Crippen molar-refractivity contribution in [2.24, 2.45) is 0 Å². The Kier molecular flexibility index (Phi) is 7.43. The number of halogens is 4. The number of alkyl halides is 1. The zero-order valence-corrected chi connectivity index (χ0v) is 21.3. The first-order valence-electron chi connectivity index (χ1n) is 11.3. The van der Waals surface area contributed by atoms with Crippen molar-refractivity contribution < 1.29 is 23.0 Å². The van der Waals surface area contributed by atoms with Crippen molar-refractivity contribution in [3.05, 3.63) is 109 Å². The topological polar surface area (TPSA) is 99.2 Å². The summed E-state index contributed by atoms with van der Waals surface area (Å²) in [7, 11) is 0. The van der Waals surface area contributed by atoms with Crippen molar-refractivity contribution in [3.63, 3.8) is 0 Å². The number of aryl methyl sites for hydroxylation is 1. The van der Waals surface area contributed by atoms with Gasteiger partial charge in [-0.05, 0) is 32.9 Å². The van der Waals surface area contributed by atoms with Crippen LogP contribution >= 0.6 is 11.6 Å². The van der Waals surface area contributed by atoms with Gasteiger partial charge in [-0.15, -0.1) is 0 Å². The van der Waals surface area contributed by atoms with Crippen molar-refractivity contribution in [2.45, 2.75) is 39.7 Å². The van der Waals surface area contributed by atoms with Gasteiger partial charge < -0.3 is 9.84 Å². The maximum atomic E-state index is 13.9. The Hall–Kier alpha value is -3.96. The summed E-state index contributed by atoms with van der Waals surface area (Å²) < 4.78 is 48.8. The van der Waals surface area contributed by atoms with Crippen LogP contribution in [0.25, 0.3) is 11.5 Å². The molecule has 1 N–H and O–H groups in total. The van der Waals surface area contributed by atoms with Gasteiger partial charge in [0.25, 0.3) is 11.1 Å². The summed E-state index contributed by atoms with van der Waals surface area (Å²) >= 11 is 6.28. The van der Waals surface area contributed by atoms with E-state index < -0.39 is 41.6 Å². The Labute approximate surface area is 219 Å². The lowest BCUT2D eigenvalue weighted by molar-refractivity contribution is 0.0767. The van der Waals surface area contributed by atoms with Gasteiger partial charge >= 0.3 is 0 Å². The van der Waals surface area contributed by atoms with Gasteiger partial charge in [0.15, 0.2) is 5.82 Å². The van der Waals surface area contributed by atoms with Gasteiger partial charge in [-0.3, -0.25) is 23.7 Å². The molecule has 0 amide bonds. The van der Waals surface area contributed by atoms with E-state index in [-0.39, 0.29) is 44.8 Å². The monoisotopic (exact) mass is 546 g/mol. The molecule has 0 unspecified atom stereocenters. The Bertz CT molecular complexity index is 1650. The zero-order chi connectivity index (χ0) is 27.8. The van der Waals surface area contributed by atoms with Gasteiger partial charge in [0.2, 0.25) is 0 Å². The second kappa shape index (κ2) is 10.4. The van der Waals surface area contributed by atoms with E-state index in [2.05, 4.69) is 9.97 Å². The van der Waals surface area contributed by atoms with Gasteiger partial charge in [-0.2, -0.15) is 0 Å². The highest BCUT2D eigenvalue weighted by atomic mass is 35.5. The molecule has 4 aromatic rings. The predicted molar refractivity (Wildman–Crippen MR) is 134 cm³/mol. The lowest BCUT2D eigenvalue weighted by Gasteiger charge is -2.19. The molecular formula is C26H22ClF3N4O4. The fraction of sp³-hybridized carbons (Fsp3) is 0.231. The Balaban J connectivity index is 1.79. The molecule has 198 valence electrons. The Morgan fingerprint density at radius 1 is 1.11 bits per heavy atom. The van der Waals surface area contributed by atoms with Gasteiger partial charge in [0.1, 0.15) is 41.4 Å². The van der Waals surface area contributed by atoms with Crippen LogP contribution in [-0.2, 0) is 18.9 Å². The molecule has 4 aromatic heterocycles. The largest absolute Gasteiger partial charge is 0.485 e. The van der Waals surface area contributed by atoms with Crippen molar-refractivity contribution in [3.8, 4) is 17.3 Å². The van der Waals surface area contributed by atoms with Gasteiger partial charge in [0, 0.05) is 47.4 Å². The lowest BCUT2D eigenvalue weighted by atomic mass is 10.0. The predicted octanol–water partition coefficient (Wildman–Crippen LogP) is 4.29. The van der Waals surface area contributed by atoms with Crippen LogP contribution in [0.4, 0.5) is 13.2 Å². The molecule has 0 fully saturated rings. The number of ether oxygens (including phenoxy) is 1. The standard InChI is InChI=1S/C26H22ClF3N4O4/c1-14-7-21(38-13-19-18(30)8-16(29)12-31-19)23(27)25(36)34(14)20-9-22(32-11-15(20)10-28)33-6-4-5-17(24(33)35)26(2,3)37/h4-9,11-12,37H,10,13H2,1-3H3. The molecule has 12 heteroatoms. The van der Waals surface area contributed by atoms with E-state index >= 15 is 0 Å². The highest BCUT2D eigenvalue weighted by molar-refractivity contribution is 6.31. The minimum atomic E-state index is -1.43. The molecule has 0 aliphatic rings. The van der Waals surface area contributed by atoms with Crippen LogP contribution < -0.4 is 15.9 Å². The van der Waals surface area contributed by atoms with E-state index in [1.165, 1.54) is 49.0 Å². The average Bonchev–Trinajstić information content (AvgIpc) is 2.85. The fourth-order valence-corrected chi connectivity index (χ4v) is 4.02. The van der Waals surface area contributed by atoms with Crippen LogP contribution in [0.5, 0.6) is 5.75 Å². The number of aromatic nitrogens is 4. The first kappa shape index (κ1) is 27.1. The lowest BCUT2D eigenvalue weighted by Crippen LogP contribution is -2.31. The van der Waals surface area contributed by atoms with Crippen molar-refractivity contribution in [1.29, 1.82) is 0 Å². The molecule has 4 heterocycles. The highest BCUT2D eigenvalue weighted by Crippen LogP contribution is 2.27. The fourth-order valence-electron chi connectivity index (χ4n) is 3.83. The summed E-state index contributed by atoms with van der Waals surface area (Å²) in [6.07, 6.45) is 3.46. The number of pyridine rings is 4. The van der Waals surface area contributed by atoms with Gasteiger partial charge in [-0.25, -0.2) is 18.2 Å². The summed E-state index contributed by atoms with van der Waals surface area (Å²) in [5.41, 5.74) is -2.40. The van der Waals surface area contributed by atoms with E-state index in [0.717, 1.165) is 10.8 Å². The quantitative estimate of drug-likeness (QED) is 0.371. The molecule has 0 bridgehead atoms. The molecular weight excluding hydrogens is 525 g/mol. The Morgan fingerprint density at radius 2 is 1.84 bits per heavy atom. The number of rotatable bonds is 7. The van der Waals surface area contributed by atoms with Crippen molar-refractivity contribution in [1.82, 2.24) is 19.1 Å². The molecule has 0 aromatic carbocycles. The Morgan fingerprint density at radius 3 is 2.50 bits per heavy atom. The summed E-state index contributed by atoms with van der Waals surface area (Å²) in [6, 6.07) is 6.44. The van der Waals surface area contributed by atoms with Crippen LogP contribution in [0.2, 0.25) is 5.02 Å².